The van der Waals surface area contributed by atoms with Gasteiger partial charge in [0, 0.05) is 11.1 Å². The Morgan fingerprint density at radius 3 is 2.58 bits per heavy atom. The first-order valence-electron chi connectivity index (χ1n) is 7.99. The van der Waals surface area contributed by atoms with E-state index in [2.05, 4.69) is 15.6 Å². The lowest BCUT2D eigenvalue weighted by Crippen LogP contribution is -2.27. The Labute approximate surface area is 153 Å². The highest BCUT2D eigenvalue weighted by molar-refractivity contribution is 7.18. The number of oxazole rings is 1. The van der Waals surface area contributed by atoms with E-state index >= 15 is 0 Å². The summed E-state index contributed by atoms with van der Waals surface area (Å²) < 4.78 is 4.94. The lowest BCUT2D eigenvalue weighted by Gasteiger charge is -2.16. The normalized spacial score (nSPS) is 11.5. The van der Waals surface area contributed by atoms with Crippen LogP contribution >= 0.6 is 11.3 Å². The first-order chi connectivity index (χ1) is 12.1. The highest BCUT2D eigenvalue weighted by Gasteiger charge is 2.23. The van der Waals surface area contributed by atoms with E-state index in [4.69, 9.17) is 4.42 Å². The summed E-state index contributed by atoms with van der Waals surface area (Å²) in [5.41, 5.74) is 1.72. The minimum atomic E-state index is -0.545. The molecule has 1 aromatic carbocycles. The fraction of sp³-hybridized carbons (Fsp3) is 0.278. The first-order valence-corrected chi connectivity index (χ1v) is 8.81. The summed E-state index contributed by atoms with van der Waals surface area (Å²) in [6.45, 7) is 7.29. The fourth-order valence-corrected chi connectivity index (χ4v) is 3.25. The number of aryl methyl sites for hydroxylation is 1. The Morgan fingerprint density at radius 2 is 1.88 bits per heavy atom. The number of benzene rings is 1. The molecule has 0 atom stereocenters. The van der Waals surface area contributed by atoms with E-state index in [0.717, 1.165) is 5.56 Å². The van der Waals surface area contributed by atoms with Crippen molar-refractivity contribution in [3.05, 3.63) is 45.3 Å². The Balaban J connectivity index is 1.78. The van der Waals surface area contributed by atoms with Crippen LogP contribution in [0.2, 0.25) is 0 Å². The van der Waals surface area contributed by atoms with Crippen LogP contribution < -0.4 is 16.4 Å². The molecule has 0 bridgehead atoms. The zero-order chi connectivity index (χ0) is 19.1. The van der Waals surface area contributed by atoms with Crippen LogP contribution in [0.25, 0.3) is 11.1 Å². The molecule has 0 fully saturated rings. The van der Waals surface area contributed by atoms with Crippen molar-refractivity contribution in [1.82, 2.24) is 4.98 Å². The third kappa shape index (κ3) is 3.70. The molecule has 0 spiro atoms. The molecule has 2 amide bonds. The summed E-state index contributed by atoms with van der Waals surface area (Å²) in [5.74, 6) is -0.939. The molecular formula is C18H19N3O4S. The predicted octanol–water partition coefficient (Wildman–Crippen LogP) is 3.73. The molecular weight excluding hydrogens is 354 g/mol. The van der Waals surface area contributed by atoms with Crippen molar-refractivity contribution in [2.24, 2.45) is 5.41 Å². The third-order valence-electron chi connectivity index (χ3n) is 3.72. The molecule has 3 aromatic rings. The highest BCUT2D eigenvalue weighted by Crippen LogP contribution is 2.29. The maximum absolute atomic E-state index is 12.6. The van der Waals surface area contributed by atoms with Gasteiger partial charge >= 0.3 is 5.76 Å². The number of anilines is 2. The average Bonchev–Trinajstić information content (AvgIpc) is 3.07. The second-order valence-corrected chi connectivity index (χ2v) is 8.06. The number of hydrogen-bond acceptors (Lipinski definition) is 5. The smallest absolute Gasteiger partial charge is 0.408 e. The van der Waals surface area contributed by atoms with Crippen LogP contribution in [0, 0.1) is 12.3 Å². The zero-order valence-corrected chi connectivity index (χ0v) is 15.7. The molecule has 7 nitrogen and oxygen atoms in total. The van der Waals surface area contributed by atoms with Crippen molar-refractivity contribution < 1.29 is 14.0 Å². The van der Waals surface area contributed by atoms with Crippen molar-refractivity contribution >= 4 is 44.9 Å². The standard InChI is InChI=1S/C18H19N3O4S/c1-9-7-13(21-16(23)18(2,3)4)26-14(9)15(22)19-10-5-6-12-11(8-10)20-17(24)25-12/h5-8H,1-4H3,(H,19,22)(H,20,24)(H,21,23). The summed E-state index contributed by atoms with van der Waals surface area (Å²) in [5, 5.41) is 6.26. The summed E-state index contributed by atoms with van der Waals surface area (Å²) >= 11 is 1.22. The van der Waals surface area contributed by atoms with E-state index in [-0.39, 0.29) is 11.8 Å². The Bertz CT molecular complexity index is 1050. The van der Waals surface area contributed by atoms with Gasteiger partial charge in [0.15, 0.2) is 5.58 Å². The molecule has 0 saturated heterocycles. The van der Waals surface area contributed by atoms with Crippen molar-refractivity contribution in [1.29, 1.82) is 0 Å². The summed E-state index contributed by atoms with van der Waals surface area (Å²) in [6, 6.07) is 6.67. The fourth-order valence-electron chi connectivity index (χ4n) is 2.29. The van der Waals surface area contributed by atoms with Gasteiger partial charge in [-0.25, -0.2) is 4.79 Å². The number of amides is 2. The molecule has 3 rings (SSSR count). The molecule has 0 radical (unpaired) electrons. The first kappa shape index (κ1) is 17.9. The predicted molar refractivity (Wildman–Crippen MR) is 102 cm³/mol. The Kier molecular flexibility index (Phi) is 4.45. The summed E-state index contributed by atoms with van der Waals surface area (Å²) in [4.78, 5) is 38.9. The van der Waals surface area contributed by atoms with Crippen LogP contribution in [-0.2, 0) is 4.79 Å². The number of rotatable bonds is 3. The van der Waals surface area contributed by atoms with Crippen LogP contribution in [0.4, 0.5) is 10.7 Å². The summed E-state index contributed by atoms with van der Waals surface area (Å²) in [7, 11) is 0. The minimum Gasteiger partial charge on any atom is -0.408 e. The van der Waals surface area contributed by atoms with Gasteiger partial charge in [0.25, 0.3) is 5.91 Å². The molecule has 0 aliphatic rings. The van der Waals surface area contributed by atoms with Gasteiger partial charge in [0.05, 0.1) is 15.4 Å². The van der Waals surface area contributed by atoms with Gasteiger partial charge < -0.3 is 15.1 Å². The molecule has 0 unspecified atom stereocenters. The number of nitrogens with one attached hydrogen (secondary N) is 3. The van der Waals surface area contributed by atoms with Gasteiger partial charge in [-0.15, -0.1) is 11.3 Å². The number of fused-ring (bicyclic) bond motifs is 1. The average molecular weight is 373 g/mol. The van der Waals surface area contributed by atoms with Crippen molar-refractivity contribution in [2.45, 2.75) is 27.7 Å². The van der Waals surface area contributed by atoms with E-state index in [9.17, 15) is 14.4 Å². The molecule has 0 aliphatic heterocycles. The van der Waals surface area contributed by atoms with Gasteiger partial charge in [-0.2, -0.15) is 0 Å². The minimum absolute atomic E-state index is 0.111. The van der Waals surface area contributed by atoms with Crippen LogP contribution in [0.3, 0.4) is 0 Å². The molecule has 2 heterocycles. The van der Waals surface area contributed by atoms with Crippen LogP contribution in [0.15, 0.2) is 33.5 Å². The second-order valence-electron chi connectivity index (χ2n) is 7.01. The van der Waals surface area contributed by atoms with Gasteiger partial charge in [0.2, 0.25) is 5.91 Å². The second kappa shape index (κ2) is 6.45. The number of aromatic nitrogens is 1. The molecule has 0 aliphatic carbocycles. The van der Waals surface area contributed by atoms with E-state index < -0.39 is 11.2 Å². The number of thiophene rings is 1. The van der Waals surface area contributed by atoms with Crippen LogP contribution in [-0.4, -0.2) is 16.8 Å². The topological polar surface area (TPSA) is 104 Å². The number of aromatic amines is 1. The van der Waals surface area contributed by atoms with Crippen molar-refractivity contribution in [3.8, 4) is 0 Å². The van der Waals surface area contributed by atoms with E-state index in [1.807, 2.05) is 27.7 Å². The number of hydrogen-bond donors (Lipinski definition) is 3. The van der Waals surface area contributed by atoms with E-state index in [1.165, 1.54) is 11.3 Å². The van der Waals surface area contributed by atoms with Gasteiger partial charge in [-0.1, -0.05) is 20.8 Å². The Hall–Kier alpha value is -2.87. The van der Waals surface area contributed by atoms with Gasteiger partial charge in [-0.3, -0.25) is 14.6 Å². The van der Waals surface area contributed by atoms with Gasteiger partial charge in [0.1, 0.15) is 0 Å². The number of H-pyrrole nitrogens is 1. The van der Waals surface area contributed by atoms with Crippen LogP contribution in [0.1, 0.15) is 36.0 Å². The van der Waals surface area contributed by atoms with E-state index in [1.54, 1.807) is 24.3 Å². The lowest BCUT2D eigenvalue weighted by atomic mass is 9.96. The summed E-state index contributed by atoms with van der Waals surface area (Å²) in [6.07, 6.45) is 0. The SMILES string of the molecule is Cc1cc(NC(=O)C(C)(C)C)sc1C(=O)Nc1ccc2oc(=O)[nH]c2c1. The van der Waals surface area contributed by atoms with E-state index in [0.29, 0.717) is 26.7 Å². The maximum Gasteiger partial charge on any atom is 0.417 e. The molecule has 26 heavy (non-hydrogen) atoms. The molecule has 0 saturated carbocycles. The maximum atomic E-state index is 12.6. The Morgan fingerprint density at radius 1 is 1.15 bits per heavy atom. The third-order valence-corrected chi connectivity index (χ3v) is 4.87. The molecule has 136 valence electrons. The van der Waals surface area contributed by atoms with Crippen LogP contribution in [0.5, 0.6) is 0 Å². The van der Waals surface area contributed by atoms with Crippen molar-refractivity contribution in [3.63, 3.8) is 0 Å². The molecule has 2 aromatic heterocycles. The zero-order valence-electron chi connectivity index (χ0n) is 14.9. The molecule has 8 heteroatoms. The highest BCUT2D eigenvalue weighted by atomic mass is 32.1. The monoisotopic (exact) mass is 373 g/mol. The lowest BCUT2D eigenvalue weighted by molar-refractivity contribution is -0.123. The quantitative estimate of drug-likeness (QED) is 0.651. The van der Waals surface area contributed by atoms with Gasteiger partial charge in [-0.05, 0) is 36.8 Å². The van der Waals surface area contributed by atoms with Crippen molar-refractivity contribution in [2.75, 3.05) is 10.6 Å². The largest absolute Gasteiger partial charge is 0.417 e. The number of carbonyl (C=O) groups is 2. The number of carbonyl (C=O) groups excluding carboxylic acids is 2. The molecule has 3 N–H and O–H groups in total.